The molecule has 0 heterocycles. The molecule has 0 aromatic heterocycles. The number of rotatable bonds is 12. The second-order valence-electron chi connectivity index (χ2n) is 6.05. The number of benzene rings is 2. The molecular formula is C22H26O5. The van der Waals surface area contributed by atoms with E-state index in [1.807, 2.05) is 43.3 Å². The lowest BCUT2D eigenvalue weighted by Crippen LogP contribution is -2.06. The highest BCUT2D eigenvalue weighted by Gasteiger charge is 2.07. The highest BCUT2D eigenvalue weighted by molar-refractivity contribution is 5.90. The maximum Gasteiger partial charge on any atom is 0.338 e. The molecule has 2 aromatic carbocycles. The maximum absolute atomic E-state index is 12.1. The summed E-state index contributed by atoms with van der Waals surface area (Å²) < 4.78 is 15.4. The number of carbonyl (C=O) groups is 2. The molecule has 5 heteroatoms. The monoisotopic (exact) mass is 370 g/mol. The molecule has 2 rings (SSSR count). The Bertz CT molecular complexity index is 692. The summed E-state index contributed by atoms with van der Waals surface area (Å²) in [7, 11) is 0. The summed E-state index contributed by atoms with van der Waals surface area (Å²) in [6.45, 7) is 3.91. The Labute approximate surface area is 160 Å². The standard InChI is InChI=1S/C22H26O5/c1-2-26-21-13-11-19(12-14-21)18-7-9-20(10-8-18)22(24)27-16-6-4-3-5-15-25-17-23/h7-14,17H,2-6,15-16H2,1H3. The SMILES string of the molecule is CCOc1ccc(-c2ccc(C(=O)OCCCCCCOC=O)cc2)cc1. The minimum Gasteiger partial charge on any atom is -0.494 e. The van der Waals surface area contributed by atoms with E-state index in [1.165, 1.54) is 0 Å². The van der Waals surface area contributed by atoms with E-state index in [0.717, 1.165) is 42.6 Å². The third-order valence-corrected chi connectivity index (χ3v) is 4.08. The maximum atomic E-state index is 12.1. The van der Waals surface area contributed by atoms with E-state index in [2.05, 4.69) is 4.74 Å². The summed E-state index contributed by atoms with van der Waals surface area (Å²) in [6.07, 6.45) is 3.52. The number of hydrogen-bond donors (Lipinski definition) is 0. The van der Waals surface area contributed by atoms with Crippen molar-refractivity contribution in [1.29, 1.82) is 0 Å². The molecule has 0 fully saturated rings. The molecule has 27 heavy (non-hydrogen) atoms. The van der Waals surface area contributed by atoms with Crippen LogP contribution in [0.1, 0.15) is 43.0 Å². The van der Waals surface area contributed by atoms with Crippen LogP contribution >= 0.6 is 0 Å². The van der Waals surface area contributed by atoms with Crippen LogP contribution in [0.5, 0.6) is 5.75 Å². The van der Waals surface area contributed by atoms with Crippen LogP contribution in [0.15, 0.2) is 48.5 Å². The molecule has 0 aliphatic rings. The van der Waals surface area contributed by atoms with Gasteiger partial charge in [0.2, 0.25) is 0 Å². The number of unbranched alkanes of at least 4 members (excludes halogenated alkanes) is 3. The van der Waals surface area contributed by atoms with Crippen molar-refractivity contribution in [1.82, 2.24) is 0 Å². The summed E-state index contributed by atoms with van der Waals surface area (Å²) in [4.78, 5) is 22.1. The van der Waals surface area contributed by atoms with E-state index in [9.17, 15) is 9.59 Å². The van der Waals surface area contributed by atoms with Crippen LogP contribution < -0.4 is 4.74 Å². The summed E-state index contributed by atoms with van der Waals surface area (Å²) in [5.41, 5.74) is 2.65. The van der Waals surface area contributed by atoms with Gasteiger partial charge in [0.25, 0.3) is 6.47 Å². The smallest absolute Gasteiger partial charge is 0.338 e. The molecule has 0 N–H and O–H groups in total. The van der Waals surface area contributed by atoms with Crippen molar-refractivity contribution in [3.05, 3.63) is 54.1 Å². The Kier molecular flexibility index (Phi) is 8.90. The van der Waals surface area contributed by atoms with Gasteiger partial charge in [-0.05, 0) is 68.0 Å². The molecular weight excluding hydrogens is 344 g/mol. The van der Waals surface area contributed by atoms with Gasteiger partial charge in [-0.15, -0.1) is 0 Å². The Hall–Kier alpha value is -2.82. The number of esters is 1. The molecule has 0 radical (unpaired) electrons. The van der Waals surface area contributed by atoms with Crippen molar-refractivity contribution < 1.29 is 23.8 Å². The molecule has 2 aromatic rings. The van der Waals surface area contributed by atoms with Gasteiger partial charge in [0, 0.05) is 0 Å². The van der Waals surface area contributed by atoms with Gasteiger partial charge in [-0.25, -0.2) is 4.79 Å². The Balaban J connectivity index is 1.75. The summed E-state index contributed by atoms with van der Waals surface area (Å²) >= 11 is 0. The van der Waals surface area contributed by atoms with Crippen molar-refractivity contribution in [3.63, 3.8) is 0 Å². The lowest BCUT2D eigenvalue weighted by Gasteiger charge is -2.07. The van der Waals surface area contributed by atoms with E-state index in [0.29, 0.717) is 31.9 Å². The fourth-order valence-electron chi connectivity index (χ4n) is 2.65. The third kappa shape index (κ3) is 7.13. The molecule has 0 aliphatic heterocycles. The molecule has 0 saturated carbocycles. The predicted octanol–water partition coefficient (Wildman–Crippen LogP) is 4.64. The Morgan fingerprint density at radius 3 is 2.04 bits per heavy atom. The van der Waals surface area contributed by atoms with Crippen molar-refractivity contribution >= 4 is 12.4 Å². The lowest BCUT2D eigenvalue weighted by atomic mass is 10.0. The Morgan fingerprint density at radius 1 is 0.852 bits per heavy atom. The Morgan fingerprint density at radius 2 is 1.44 bits per heavy atom. The number of hydrogen-bond acceptors (Lipinski definition) is 5. The topological polar surface area (TPSA) is 61.8 Å². The van der Waals surface area contributed by atoms with Crippen molar-refractivity contribution in [3.8, 4) is 16.9 Å². The molecule has 0 spiro atoms. The summed E-state index contributed by atoms with van der Waals surface area (Å²) in [5, 5.41) is 0. The molecule has 0 bridgehead atoms. The van der Waals surface area contributed by atoms with Gasteiger partial charge in [-0.3, -0.25) is 4.79 Å². The fourth-order valence-corrected chi connectivity index (χ4v) is 2.65. The summed E-state index contributed by atoms with van der Waals surface area (Å²) in [5.74, 6) is 0.537. The van der Waals surface area contributed by atoms with E-state index in [-0.39, 0.29) is 5.97 Å². The fraction of sp³-hybridized carbons (Fsp3) is 0.364. The van der Waals surface area contributed by atoms with Gasteiger partial charge in [0.1, 0.15) is 5.75 Å². The zero-order valence-electron chi connectivity index (χ0n) is 15.7. The largest absolute Gasteiger partial charge is 0.494 e. The van der Waals surface area contributed by atoms with Crippen molar-refractivity contribution in [2.75, 3.05) is 19.8 Å². The summed E-state index contributed by atoms with van der Waals surface area (Å²) in [6, 6.07) is 15.3. The zero-order chi connectivity index (χ0) is 19.3. The average Bonchev–Trinajstić information content (AvgIpc) is 2.71. The van der Waals surface area contributed by atoms with Crippen molar-refractivity contribution in [2.45, 2.75) is 32.6 Å². The number of carbonyl (C=O) groups excluding carboxylic acids is 2. The molecule has 144 valence electrons. The highest BCUT2D eigenvalue weighted by Crippen LogP contribution is 2.23. The molecule has 0 atom stereocenters. The highest BCUT2D eigenvalue weighted by atomic mass is 16.5. The van der Waals surface area contributed by atoms with Gasteiger partial charge in [-0.1, -0.05) is 24.3 Å². The molecule has 0 aliphatic carbocycles. The van der Waals surface area contributed by atoms with E-state index >= 15 is 0 Å². The zero-order valence-corrected chi connectivity index (χ0v) is 15.7. The van der Waals surface area contributed by atoms with E-state index in [4.69, 9.17) is 9.47 Å². The van der Waals surface area contributed by atoms with Crippen LogP contribution in [0.25, 0.3) is 11.1 Å². The van der Waals surface area contributed by atoms with Gasteiger partial charge >= 0.3 is 5.97 Å². The minimum absolute atomic E-state index is 0.308. The van der Waals surface area contributed by atoms with Crippen molar-refractivity contribution in [2.24, 2.45) is 0 Å². The first-order valence-electron chi connectivity index (χ1n) is 9.30. The van der Waals surface area contributed by atoms with Crippen LogP contribution in [0.4, 0.5) is 0 Å². The minimum atomic E-state index is -0.308. The first-order chi connectivity index (χ1) is 13.2. The van der Waals surface area contributed by atoms with Crippen LogP contribution in [0, 0.1) is 0 Å². The van der Waals surface area contributed by atoms with E-state index in [1.54, 1.807) is 12.1 Å². The lowest BCUT2D eigenvalue weighted by molar-refractivity contribution is -0.128. The molecule has 0 amide bonds. The second-order valence-corrected chi connectivity index (χ2v) is 6.05. The van der Waals surface area contributed by atoms with Gasteiger partial charge in [0.05, 0.1) is 25.4 Å². The van der Waals surface area contributed by atoms with Crippen LogP contribution in [0.3, 0.4) is 0 Å². The molecule has 0 saturated heterocycles. The molecule has 5 nitrogen and oxygen atoms in total. The first kappa shape index (κ1) is 20.5. The molecule has 0 unspecified atom stereocenters. The second kappa shape index (κ2) is 11.7. The van der Waals surface area contributed by atoms with Gasteiger partial charge < -0.3 is 14.2 Å². The van der Waals surface area contributed by atoms with E-state index < -0.39 is 0 Å². The van der Waals surface area contributed by atoms with Gasteiger partial charge in [0.15, 0.2) is 0 Å². The first-order valence-corrected chi connectivity index (χ1v) is 9.30. The quantitative estimate of drug-likeness (QED) is 0.309. The normalized spacial score (nSPS) is 10.3. The van der Waals surface area contributed by atoms with Gasteiger partial charge in [-0.2, -0.15) is 0 Å². The predicted molar refractivity (Wildman–Crippen MR) is 104 cm³/mol. The average molecular weight is 370 g/mol. The third-order valence-electron chi connectivity index (χ3n) is 4.08. The number of ether oxygens (including phenoxy) is 3. The van der Waals surface area contributed by atoms with Crippen LogP contribution in [-0.4, -0.2) is 32.3 Å². The van der Waals surface area contributed by atoms with Crippen LogP contribution in [0.2, 0.25) is 0 Å². The van der Waals surface area contributed by atoms with Crippen LogP contribution in [-0.2, 0) is 14.3 Å².